The Labute approximate surface area is 144 Å². The lowest BCUT2D eigenvalue weighted by atomic mass is 10.2. The largest absolute Gasteiger partial charge is 0.493 e. The molecule has 1 N–H and O–H groups in total. The van der Waals surface area contributed by atoms with E-state index in [2.05, 4.69) is 9.71 Å². The van der Waals surface area contributed by atoms with Gasteiger partial charge in [-0.2, -0.15) is 0 Å². The van der Waals surface area contributed by atoms with E-state index in [-0.39, 0.29) is 4.90 Å². The maximum atomic E-state index is 12.6. The molecule has 0 bridgehead atoms. The fraction of sp³-hybridized carbons (Fsp3) is 0.188. The van der Waals surface area contributed by atoms with Crippen LogP contribution in [0.5, 0.6) is 11.5 Å². The molecule has 0 fully saturated rings. The van der Waals surface area contributed by atoms with E-state index in [1.54, 1.807) is 6.07 Å². The summed E-state index contributed by atoms with van der Waals surface area (Å²) in [6.45, 7) is 1.94. The molecule has 0 unspecified atom stereocenters. The van der Waals surface area contributed by atoms with Gasteiger partial charge in [-0.15, -0.1) is 0 Å². The summed E-state index contributed by atoms with van der Waals surface area (Å²) in [6, 6.07) is 10.2. The molecule has 126 valence electrons. The average Bonchev–Trinajstić information content (AvgIpc) is 2.97. The highest BCUT2D eigenvalue weighted by Crippen LogP contribution is 2.32. The third kappa shape index (κ3) is 3.02. The third-order valence-corrected chi connectivity index (χ3v) is 5.91. The van der Waals surface area contributed by atoms with Crippen molar-refractivity contribution in [3.05, 3.63) is 42.0 Å². The lowest BCUT2D eigenvalue weighted by Gasteiger charge is -2.10. The fourth-order valence-electron chi connectivity index (χ4n) is 2.29. The first-order valence-electron chi connectivity index (χ1n) is 7.05. The second-order valence-corrected chi connectivity index (χ2v) is 7.78. The number of rotatable bonds is 5. The molecule has 6 nitrogen and oxygen atoms in total. The molecule has 1 aromatic heterocycles. The third-order valence-electron chi connectivity index (χ3n) is 3.51. The number of anilines is 1. The molecule has 0 saturated heterocycles. The van der Waals surface area contributed by atoms with Gasteiger partial charge in [0.25, 0.3) is 10.0 Å². The monoisotopic (exact) mass is 364 g/mol. The number of sulfonamides is 1. The van der Waals surface area contributed by atoms with E-state index in [9.17, 15) is 8.42 Å². The van der Waals surface area contributed by atoms with E-state index in [1.807, 2.05) is 25.1 Å². The van der Waals surface area contributed by atoms with Crippen LogP contribution < -0.4 is 14.2 Å². The Bertz CT molecular complexity index is 996. The molecule has 0 amide bonds. The molecule has 0 aliphatic carbocycles. The summed E-state index contributed by atoms with van der Waals surface area (Å²) in [5, 5.41) is 0.328. The molecule has 0 aliphatic heterocycles. The van der Waals surface area contributed by atoms with Gasteiger partial charge in [0.05, 0.1) is 29.3 Å². The number of para-hydroxylation sites is 1. The first-order chi connectivity index (χ1) is 11.4. The number of thiazole rings is 1. The van der Waals surface area contributed by atoms with Crippen molar-refractivity contribution in [1.29, 1.82) is 0 Å². The first kappa shape index (κ1) is 16.5. The van der Waals surface area contributed by atoms with E-state index < -0.39 is 10.0 Å². The number of methoxy groups -OCH3 is 2. The van der Waals surface area contributed by atoms with Crippen LogP contribution in [0.15, 0.2) is 41.3 Å². The summed E-state index contributed by atoms with van der Waals surface area (Å²) < 4.78 is 38.9. The number of hydrogen-bond donors (Lipinski definition) is 1. The molecule has 1 heterocycles. The number of nitrogens with zero attached hydrogens (tertiary/aromatic N) is 1. The highest BCUT2D eigenvalue weighted by molar-refractivity contribution is 7.93. The van der Waals surface area contributed by atoms with Crippen LogP contribution in [-0.4, -0.2) is 27.6 Å². The molecule has 0 radical (unpaired) electrons. The van der Waals surface area contributed by atoms with Crippen LogP contribution in [0.1, 0.15) is 5.56 Å². The first-order valence-corrected chi connectivity index (χ1v) is 9.35. The molecular weight excluding hydrogens is 348 g/mol. The number of nitrogens with one attached hydrogen (secondary N) is 1. The van der Waals surface area contributed by atoms with Gasteiger partial charge in [-0.1, -0.05) is 23.5 Å². The van der Waals surface area contributed by atoms with Crippen LogP contribution in [0.2, 0.25) is 0 Å². The minimum atomic E-state index is -3.77. The molecule has 24 heavy (non-hydrogen) atoms. The van der Waals surface area contributed by atoms with Crippen LogP contribution in [-0.2, 0) is 10.0 Å². The van der Waals surface area contributed by atoms with E-state index in [0.29, 0.717) is 16.6 Å². The fourth-order valence-corrected chi connectivity index (χ4v) is 4.48. The van der Waals surface area contributed by atoms with E-state index in [4.69, 9.17) is 9.47 Å². The zero-order valence-electron chi connectivity index (χ0n) is 13.4. The lowest BCUT2D eigenvalue weighted by Crippen LogP contribution is -2.13. The van der Waals surface area contributed by atoms with Gasteiger partial charge in [0.2, 0.25) is 0 Å². The molecule has 0 atom stereocenters. The van der Waals surface area contributed by atoms with Crippen molar-refractivity contribution in [3.8, 4) is 11.5 Å². The highest BCUT2D eigenvalue weighted by atomic mass is 32.2. The quantitative estimate of drug-likeness (QED) is 0.750. The molecular formula is C16H16N2O4S2. The van der Waals surface area contributed by atoms with Crippen LogP contribution in [0.25, 0.3) is 10.2 Å². The van der Waals surface area contributed by atoms with Gasteiger partial charge in [0, 0.05) is 6.07 Å². The standard InChI is InChI=1S/C16H16N2O4S2/c1-10-5-4-6-14-15(10)17-16(23-14)18-24(19,20)11-7-8-12(21-2)13(9-11)22-3/h4-9H,1-3H3,(H,17,18). The van der Waals surface area contributed by atoms with Crippen molar-refractivity contribution < 1.29 is 17.9 Å². The summed E-state index contributed by atoms with van der Waals surface area (Å²) in [7, 11) is -0.819. The number of aromatic nitrogens is 1. The molecule has 0 spiro atoms. The second kappa shape index (κ2) is 6.29. The van der Waals surface area contributed by atoms with Gasteiger partial charge >= 0.3 is 0 Å². The number of fused-ring (bicyclic) bond motifs is 1. The van der Waals surface area contributed by atoms with Gasteiger partial charge in [-0.05, 0) is 30.7 Å². The van der Waals surface area contributed by atoms with Gasteiger partial charge < -0.3 is 9.47 Å². The zero-order chi connectivity index (χ0) is 17.3. The lowest BCUT2D eigenvalue weighted by molar-refractivity contribution is 0.354. The Morgan fingerprint density at radius 1 is 1.08 bits per heavy atom. The Kier molecular flexibility index (Phi) is 4.33. The SMILES string of the molecule is COc1ccc(S(=O)(=O)Nc2nc3c(C)cccc3s2)cc1OC. The number of hydrogen-bond acceptors (Lipinski definition) is 6. The summed E-state index contributed by atoms with van der Waals surface area (Å²) in [5.41, 5.74) is 1.80. The molecule has 0 aliphatic rings. The van der Waals surface area contributed by atoms with Crippen LogP contribution >= 0.6 is 11.3 Å². The Morgan fingerprint density at radius 3 is 2.50 bits per heavy atom. The van der Waals surface area contributed by atoms with Crippen molar-refractivity contribution in [2.75, 3.05) is 18.9 Å². The van der Waals surface area contributed by atoms with Gasteiger partial charge in [-0.3, -0.25) is 4.72 Å². The van der Waals surface area contributed by atoms with Crippen molar-refractivity contribution in [2.45, 2.75) is 11.8 Å². The van der Waals surface area contributed by atoms with Crippen LogP contribution in [0.3, 0.4) is 0 Å². The van der Waals surface area contributed by atoms with E-state index in [0.717, 1.165) is 15.8 Å². The molecule has 2 aromatic carbocycles. The zero-order valence-corrected chi connectivity index (χ0v) is 15.0. The molecule has 0 saturated carbocycles. The predicted octanol–water partition coefficient (Wildman–Crippen LogP) is 3.42. The summed E-state index contributed by atoms with van der Waals surface area (Å²) >= 11 is 1.29. The van der Waals surface area contributed by atoms with Crippen molar-refractivity contribution in [3.63, 3.8) is 0 Å². The van der Waals surface area contributed by atoms with E-state index >= 15 is 0 Å². The van der Waals surface area contributed by atoms with Gasteiger partial charge in [0.1, 0.15) is 0 Å². The topological polar surface area (TPSA) is 77.5 Å². The van der Waals surface area contributed by atoms with E-state index in [1.165, 1.54) is 37.7 Å². The number of aryl methyl sites for hydroxylation is 1. The van der Waals surface area contributed by atoms with Crippen molar-refractivity contribution in [2.24, 2.45) is 0 Å². The molecule has 3 aromatic rings. The Balaban J connectivity index is 1.97. The maximum Gasteiger partial charge on any atom is 0.263 e. The van der Waals surface area contributed by atoms with Crippen LogP contribution in [0, 0.1) is 6.92 Å². The summed E-state index contributed by atoms with van der Waals surface area (Å²) in [6.07, 6.45) is 0. The Morgan fingerprint density at radius 2 is 1.83 bits per heavy atom. The molecule has 8 heteroatoms. The smallest absolute Gasteiger partial charge is 0.263 e. The predicted molar refractivity (Wildman–Crippen MR) is 94.7 cm³/mol. The van der Waals surface area contributed by atoms with Gasteiger partial charge in [0.15, 0.2) is 16.6 Å². The minimum Gasteiger partial charge on any atom is -0.493 e. The van der Waals surface area contributed by atoms with Crippen molar-refractivity contribution >= 4 is 36.7 Å². The minimum absolute atomic E-state index is 0.0797. The molecule has 3 rings (SSSR count). The average molecular weight is 364 g/mol. The summed E-state index contributed by atoms with van der Waals surface area (Å²) in [5.74, 6) is 0.813. The Hall–Kier alpha value is -2.32. The highest BCUT2D eigenvalue weighted by Gasteiger charge is 2.19. The maximum absolute atomic E-state index is 12.6. The second-order valence-electron chi connectivity index (χ2n) is 5.06. The van der Waals surface area contributed by atoms with Gasteiger partial charge in [-0.25, -0.2) is 13.4 Å². The van der Waals surface area contributed by atoms with Crippen LogP contribution in [0.4, 0.5) is 5.13 Å². The normalized spacial score (nSPS) is 11.5. The number of ether oxygens (including phenoxy) is 2. The van der Waals surface area contributed by atoms with Crippen molar-refractivity contribution in [1.82, 2.24) is 4.98 Å². The number of benzene rings is 2. The summed E-state index contributed by atoms with van der Waals surface area (Å²) in [4.78, 5) is 4.45.